The first-order chi connectivity index (χ1) is 17.1. The van der Waals surface area contributed by atoms with E-state index in [-0.39, 0.29) is 17.4 Å². The highest BCUT2D eigenvalue weighted by molar-refractivity contribution is 8.00. The Morgan fingerprint density at radius 2 is 1.19 bits per heavy atom. The fourth-order valence-electron chi connectivity index (χ4n) is 3.34. The minimum atomic E-state index is -0.347. The number of carbonyl (C=O) groups excluding carboxylic acids is 2. The molecule has 0 bridgehead atoms. The third kappa shape index (κ3) is 15.2. The van der Waals surface area contributed by atoms with Crippen LogP contribution in [0.4, 0.5) is 0 Å². The third-order valence-electron chi connectivity index (χ3n) is 6.74. The van der Waals surface area contributed by atoms with Crippen molar-refractivity contribution in [1.29, 1.82) is 0 Å². The van der Waals surface area contributed by atoms with E-state index in [2.05, 4.69) is 53.3 Å². The van der Waals surface area contributed by atoms with E-state index in [1.807, 2.05) is 11.8 Å². The fraction of sp³-hybridized carbons (Fsp3) is 0.733. The van der Waals surface area contributed by atoms with Crippen molar-refractivity contribution in [2.75, 3.05) is 30.5 Å². The number of hydrogen-bond donors (Lipinski definition) is 0. The summed E-state index contributed by atoms with van der Waals surface area (Å²) in [5.41, 5.74) is 1.20. The maximum atomic E-state index is 12.3. The molecule has 0 amide bonds. The zero-order valence-electron chi connectivity index (χ0n) is 23.7. The summed E-state index contributed by atoms with van der Waals surface area (Å²) >= 11 is 4.04. The standard InChI is InChI=1S/C30H50O4S2/c1-7-29(3,4)19-13-20-33-27(31)25-15-17-26(18-16-25)28(32)34-21-14-23-35-22-11-9-10-12-24-36-30(5,6)8-2/h15-18H,7-14,19-24H2,1-6H3. The molecule has 0 aliphatic heterocycles. The summed E-state index contributed by atoms with van der Waals surface area (Å²) in [7, 11) is 0. The highest BCUT2D eigenvalue weighted by Crippen LogP contribution is 2.28. The first-order valence-electron chi connectivity index (χ1n) is 13.8. The quantitative estimate of drug-likeness (QED) is 0.122. The number of unbranched alkanes of at least 4 members (excludes halogenated alkanes) is 3. The normalized spacial score (nSPS) is 11.9. The zero-order valence-corrected chi connectivity index (χ0v) is 25.3. The number of carbonyl (C=O) groups is 2. The molecular formula is C30H50O4S2. The minimum absolute atomic E-state index is 0.276. The molecule has 0 N–H and O–H groups in total. The Bertz CT molecular complexity index is 744. The molecule has 6 heteroatoms. The third-order valence-corrected chi connectivity index (χ3v) is 9.46. The lowest BCUT2D eigenvalue weighted by Gasteiger charge is -2.21. The van der Waals surface area contributed by atoms with Crippen LogP contribution in [-0.2, 0) is 9.47 Å². The molecule has 1 aromatic carbocycles. The van der Waals surface area contributed by atoms with E-state index in [1.165, 1.54) is 43.6 Å². The molecule has 0 unspecified atom stereocenters. The maximum Gasteiger partial charge on any atom is 0.338 e. The largest absolute Gasteiger partial charge is 0.462 e. The summed E-state index contributed by atoms with van der Waals surface area (Å²) in [6.07, 6.45) is 10.3. The van der Waals surface area contributed by atoms with Crippen molar-refractivity contribution in [3.8, 4) is 0 Å². The lowest BCUT2D eigenvalue weighted by atomic mass is 9.85. The van der Waals surface area contributed by atoms with Crippen molar-refractivity contribution in [2.45, 2.75) is 104 Å². The van der Waals surface area contributed by atoms with Crippen LogP contribution in [0.5, 0.6) is 0 Å². The van der Waals surface area contributed by atoms with E-state index < -0.39 is 0 Å². The van der Waals surface area contributed by atoms with Gasteiger partial charge in [-0.1, -0.05) is 60.8 Å². The highest BCUT2D eigenvalue weighted by atomic mass is 32.2. The van der Waals surface area contributed by atoms with Crippen LogP contribution >= 0.6 is 23.5 Å². The second-order valence-corrected chi connectivity index (χ2v) is 13.8. The molecule has 4 nitrogen and oxygen atoms in total. The predicted molar refractivity (Wildman–Crippen MR) is 158 cm³/mol. The lowest BCUT2D eigenvalue weighted by Crippen LogP contribution is -2.13. The topological polar surface area (TPSA) is 52.6 Å². The van der Waals surface area contributed by atoms with E-state index in [0.29, 0.717) is 29.1 Å². The van der Waals surface area contributed by atoms with Crippen LogP contribution in [0.2, 0.25) is 0 Å². The molecular weight excluding hydrogens is 488 g/mol. The van der Waals surface area contributed by atoms with Crippen LogP contribution in [0.3, 0.4) is 0 Å². The molecule has 0 atom stereocenters. The molecule has 0 radical (unpaired) electrons. The van der Waals surface area contributed by atoms with Crippen molar-refractivity contribution < 1.29 is 19.1 Å². The summed E-state index contributed by atoms with van der Waals surface area (Å²) in [4.78, 5) is 24.5. The molecule has 1 rings (SSSR count). The molecule has 0 aliphatic rings. The molecule has 36 heavy (non-hydrogen) atoms. The Morgan fingerprint density at radius 1 is 0.694 bits per heavy atom. The summed E-state index contributed by atoms with van der Waals surface area (Å²) in [6.45, 7) is 14.4. The molecule has 0 aliphatic carbocycles. The van der Waals surface area contributed by atoms with Crippen LogP contribution in [0.15, 0.2) is 24.3 Å². The summed E-state index contributed by atoms with van der Waals surface area (Å²) in [5, 5.41) is 0. The maximum absolute atomic E-state index is 12.3. The van der Waals surface area contributed by atoms with Gasteiger partial charge in [0, 0.05) is 4.75 Å². The van der Waals surface area contributed by atoms with Gasteiger partial charge in [-0.2, -0.15) is 23.5 Å². The Kier molecular flexibility index (Phi) is 16.6. The summed E-state index contributed by atoms with van der Waals surface area (Å²) in [6, 6.07) is 6.54. The Labute approximate surface area is 229 Å². The first kappa shape index (κ1) is 32.9. The van der Waals surface area contributed by atoms with Gasteiger partial charge in [-0.3, -0.25) is 0 Å². The Morgan fingerprint density at radius 3 is 1.72 bits per heavy atom. The Hall–Kier alpha value is -1.14. The highest BCUT2D eigenvalue weighted by Gasteiger charge is 2.16. The van der Waals surface area contributed by atoms with E-state index in [4.69, 9.17) is 9.47 Å². The van der Waals surface area contributed by atoms with Crippen LogP contribution in [0.25, 0.3) is 0 Å². The second-order valence-electron chi connectivity index (χ2n) is 10.8. The lowest BCUT2D eigenvalue weighted by molar-refractivity contribution is 0.0478. The van der Waals surface area contributed by atoms with Crippen molar-refractivity contribution in [3.05, 3.63) is 35.4 Å². The molecule has 0 heterocycles. The van der Waals surface area contributed by atoms with Gasteiger partial charge in [0.05, 0.1) is 24.3 Å². The van der Waals surface area contributed by atoms with Gasteiger partial charge in [0.1, 0.15) is 0 Å². The van der Waals surface area contributed by atoms with E-state index in [1.54, 1.807) is 24.3 Å². The molecule has 1 aromatic rings. The minimum Gasteiger partial charge on any atom is -0.462 e. The monoisotopic (exact) mass is 538 g/mol. The van der Waals surface area contributed by atoms with Gasteiger partial charge in [-0.15, -0.1) is 0 Å². The smallest absolute Gasteiger partial charge is 0.338 e. The van der Waals surface area contributed by atoms with Crippen molar-refractivity contribution >= 4 is 35.5 Å². The van der Waals surface area contributed by atoms with Gasteiger partial charge in [0.2, 0.25) is 0 Å². The van der Waals surface area contributed by atoms with Crippen LogP contribution < -0.4 is 0 Å². The predicted octanol–water partition coefficient (Wildman–Crippen LogP) is 8.82. The molecule has 0 saturated carbocycles. The number of hydrogen-bond acceptors (Lipinski definition) is 6. The molecule has 0 saturated heterocycles. The average Bonchev–Trinajstić information content (AvgIpc) is 2.87. The van der Waals surface area contributed by atoms with Gasteiger partial charge in [0.15, 0.2) is 0 Å². The zero-order chi connectivity index (χ0) is 26.9. The SMILES string of the molecule is CCC(C)(C)CCCOC(=O)c1ccc(C(=O)OCCCSCCCCCCSC(C)(C)CC)cc1. The Balaban J connectivity index is 2.09. The first-order valence-corrected chi connectivity index (χ1v) is 15.9. The van der Waals surface area contributed by atoms with Crippen molar-refractivity contribution in [3.63, 3.8) is 0 Å². The molecule has 206 valence electrons. The van der Waals surface area contributed by atoms with Crippen LogP contribution in [-0.4, -0.2) is 47.2 Å². The van der Waals surface area contributed by atoms with Crippen LogP contribution in [0, 0.1) is 5.41 Å². The van der Waals surface area contributed by atoms with E-state index >= 15 is 0 Å². The molecule has 0 fully saturated rings. The van der Waals surface area contributed by atoms with Gasteiger partial charge in [-0.25, -0.2) is 9.59 Å². The van der Waals surface area contributed by atoms with E-state index in [0.717, 1.165) is 31.4 Å². The molecule has 0 spiro atoms. The fourth-order valence-corrected chi connectivity index (χ4v) is 5.38. The van der Waals surface area contributed by atoms with Crippen molar-refractivity contribution in [1.82, 2.24) is 0 Å². The number of benzene rings is 1. The van der Waals surface area contributed by atoms with Gasteiger partial charge in [0.25, 0.3) is 0 Å². The number of ether oxygens (including phenoxy) is 2. The molecule has 0 aromatic heterocycles. The van der Waals surface area contributed by atoms with Gasteiger partial charge >= 0.3 is 11.9 Å². The summed E-state index contributed by atoms with van der Waals surface area (Å²) < 4.78 is 11.2. The van der Waals surface area contributed by atoms with Crippen LogP contribution in [0.1, 0.15) is 120 Å². The number of thioether (sulfide) groups is 2. The van der Waals surface area contributed by atoms with Gasteiger partial charge < -0.3 is 9.47 Å². The average molecular weight is 539 g/mol. The summed E-state index contributed by atoms with van der Waals surface area (Å²) in [5.74, 6) is 2.76. The second kappa shape index (κ2) is 18.2. The van der Waals surface area contributed by atoms with Gasteiger partial charge in [-0.05, 0) is 85.5 Å². The number of esters is 2. The number of rotatable bonds is 20. The van der Waals surface area contributed by atoms with Crippen molar-refractivity contribution in [2.24, 2.45) is 5.41 Å². The van der Waals surface area contributed by atoms with E-state index in [9.17, 15) is 9.59 Å².